The highest BCUT2D eigenvalue weighted by Crippen LogP contribution is 2.22. The fourth-order valence-corrected chi connectivity index (χ4v) is 3.29. The van der Waals surface area contributed by atoms with Gasteiger partial charge in [-0.1, -0.05) is 29.8 Å². The second-order valence-electron chi connectivity index (χ2n) is 6.46. The fourth-order valence-electron chi connectivity index (χ4n) is 3.08. The molecular formula is C20H24ClFN2O. The molecule has 0 aliphatic carbocycles. The number of halogens is 2. The van der Waals surface area contributed by atoms with Crippen LogP contribution in [0, 0.1) is 11.7 Å². The SMILES string of the molecule is Fc1cccc(Cl)c1COc1cccc(CNCC2CCNCC2)c1. The number of nitrogens with one attached hydrogen (secondary N) is 2. The van der Waals surface area contributed by atoms with Gasteiger partial charge in [-0.3, -0.25) is 0 Å². The number of hydrogen-bond acceptors (Lipinski definition) is 3. The molecule has 1 heterocycles. The molecule has 134 valence electrons. The van der Waals surface area contributed by atoms with Crippen LogP contribution in [0.3, 0.4) is 0 Å². The van der Waals surface area contributed by atoms with E-state index in [9.17, 15) is 4.39 Å². The quantitative estimate of drug-likeness (QED) is 0.776. The van der Waals surface area contributed by atoms with Crippen LogP contribution in [0.5, 0.6) is 5.75 Å². The molecule has 0 amide bonds. The number of ether oxygens (including phenoxy) is 1. The largest absolute Gasteiger partial charge is 0.489 e. The Labute approximate surface area is 153 Å². The van der Waals surface area contributed by atoms with Gasteiger partial charge in [-0.15, -0.1) is 0 Å². The standard InChI is InChI=1S/C20H24ClFN2O/c21-19-5-2-6-20(22)18(19)14-25-17-4-1-3-16(11-17)13-24-12-15-7-9-23-10-8-15/h1-6,11,15,23-24H,7-10,12-14H2. The molecular weight excluding hydrogens is 339 g/mol. The molecule has 25 heavy (non-hydrogen) atoms. The molecule has 0 radical (unpaired) electrons. The molecule has 0 unspecified atom stereocenters. The van der Waals surface area contributed by atoms with Crippen LogP contribution in [0.15, 0.2) is 42.5 Å². The maximum absolute atomic E-state index is 13.8. The van der Waals surface area contributed by atoms with Crippen LogP contribution in [-0.2, 0) is 13.2 Å². The third-order valence-corrected chi connectivity index (χ3v) is 4.92. The van der Waals surface area contributed by atoms with Crippen LogP contribution >= 0.6 is 11.6 Å². The molecule has 1 aliphatic heterocycles. The van der Waals surface area contributed by atoms with Gasteiger partial charge in [0.15, 0.2) is 0 Å². The van der Waals surface area contributed by atoms with Crippen LogP contribution in [0.2, 0.25) is 5.02 Å². The Kier molecular flexibility index (Phi) is 6.68. The highest BCUT2D eigenvalue weighted by Gasteiger charge is 2.12. The van der Waals surface area contributed by atoms with Crippen molar-refractivity contribution in [3.8, 4) is 5.75 Å². The molecule has 1 saturated heterocycles. The van der Waals surface area contributed by atoms with Crippen molar-refractivity contribution in [2.24, 2.45) is 5.92 Å². The smallest absolute Gasteiger partial charge is 0.131 e. The molecule has 0 aromatic heterocycles. The van der Waals surface area contributed by atoms with Gasteiger partial charge in [0.1, 0.15) is 18.2 Å². The summed E-state index contributed by atoms with van der Waals surface area (Å²) in [5, 5.41) is 7.30. The average molecular weight is 363 g/mol. The Bertz CT molecular complexity index is 669. The minimum atomic E-state index is -0.340. The molecule has 3 rings (SSSR count). The lowest BCUT2D eigenvalue weighted by atomic mass is 9.98. The van der Waals surface area contributed by atoms with E-state index in [0.717, 1.165) is 43.4 Å². The first-order chi connectivity index (χ1) is 12.2. The van der Waals surface area contributed by atoms with Gasteiger partial charge in [0, 0.05) is 12.1 Å². The highest BCUT2D eigenvalue weighted by molar-refractivity contribution is 6.31. The molecule has 2 aromatic rings. The van der Waals surface area contributed by atoms with Crippen molar-refractivity contribution in [1.82, 2.24) is 10.6 Å². The van der Waals surface area contributed by atoms with Gasteiger partial charge in [0.2, 0.25) is 0 Å². The normalized spacial score (nSPS) is 15.3. The Morgan fingerprint density at radius 3 is 2.76 bits per heavy atom. The highest BCUT2D eigenvalue weighted by atomic mass is 35.5. The van der Waals surface area contributed by atoms with Crippen molar-refractivity contribution in [3.63, 3.8) is 0 Å². The second kappa shape index (κ2) is 9.18. The third-order valence-electron chi connectivity index (χ3n) is 4.56. The summed E-state index contributed by atoms with van der Waals surface area (Å²) in [6.45, 7) is 4.21. The first-order valence-corrected chi connectivity index (χ1v) is 9.16. The summed E-state index contributed by atoms with van der Waals surface area (Å²) in [7, 11) is 0. The summed E-state index contributed by atoms with van der Waals surface area (Å²) in [6, 6.07) is 12.6. The number of piperidine rings is 1. The van der Waals surface area contributed by atoms with E-state index in [1.54, 1.807) is 12.1 Å². The van der Waals surface area contributed by atoms with Crippen molar-refractivity contribution in [2.75, 3.05) is 19.6 Å². The summed E-state index contributed by atoms with van der Waals surface area (Å²) in [5.74, 6) is 1.14. The molecule has 2 aromatic carbocycles. The van der Waals surface area contributed by atoms with Gasteiger partial charge in [0.05, 0.1) is 5.02 Å². The second-order valence-corrected chi connectivity index (χ2v) is 6.87. The molecule has 3 nitrogen and oxygen atoms in total. The third kappa shape index (κ3) is 5.43. The molecule has 5 heteroatoms. The summed E-state index contributed by atoms with van der Waals surface area (Å²) < 4.78 is 19.5. The monoisotopic (exact) mass is 362 g/mol. The van der Waals surface area contributed by atoms with E-state index in [-0.39, 0.29) is 12.4 Å². The molecule has 0 spiro atoms. The zero-order valence-electron chi connectivity index (χ0n) is 14.2. The van der Waals surface area contributed by atoms with E-state index in [1.807, 2.05) is 18.2 Å². The van der Waals surface area contributed by atoms with E-state index >= 15 is 0 Å². The Hall–Kier alpha value is -1.62. The van der Waals surface area contributed by atoms with Crippen LogP contribution in [0.4, 0.5) is 4.39 Å². The van der Waals surface area contributed by atoms with Crippen molar-refractivity contribution in [3.05, 3.63) is 64.4 Å². The minimum absolute atomic E-state index is 0.122. The molecule has 1 aliphatic rings. The number of benzene rings is 2. The lowest BCUT2D eigenvalue weighted by Gasteiger charge is -2.22. The fraction of sp³-hybridized carbons (Fsp3) is 0.400. The van der Waals surface area contributed by atoms with Crippen molar-refractivity contribution in [1.29, 1.82) is 0 Å². The van der Waals surface area contributed by atoms with Crippen LogP contribution < -0.4 is 15.4 Å². The zero-order valence-corrected chi connectivity index (χ0v) is 15.0. The van der Waals surface area contributed by atoms with E-state index in [0.29, 0.717) is 10.6 Å². The van der Waals surface area contributed by atoms with Crippen LogP contribution in [0.25, 0.3) is 0 Å². The van der Waals surface area contributed by atoms with Gasteiger partial charge in [0.25, 0.3) is 0 Å². The molecule has 0 saturated carbocycles. The number of rotatable bonds is 7. The van der Waals surface area contributed by atoms with Crippen LogP contribution in [-0.4, -0.2) is 19.6 Å². The summed E-state index contributed by atoms with van der Waals surface area (Å²) in [6.07, 6.45) is 2.47. The Morgan fingerprint density at radius 2 is 1.96 bits per heavy atom. The van der Waals surface area contributed by atoms with Gasteiger partial charge < -0.3 is 15.4 Å². The maximum atomic E-state index is 13.8. The molecule has 0 bridgehead atoms. The van der Waals surface area contributed by atoms with Crippen molar-refractivity contribution in [2.45, 2.75) is 26.0 Å². The van der Waals surface area contributed by atoms with Gasteiger partial charge in [-0.2, -0.15) is 0 Å². The summed E-state index contributed by atoms with van der Waals surface area (Å²) in [4.78, 5) is 0. The first-order valence-electron chi connectivity index (χ1n) is 8.78. The van der Waals surface area contributed by atoms with Gasteiger partial charge >= 0.3 is 0 Å². The van der Waals surface area contributed by atoms with E-state index < -0.39 is 0 Å². The van der Waals surface area contributed by atoms with Crippen molar-refractivity contribution >= 4 is 11.6 Å². The lowest BCUT2D eigenvalue weighted by molar-refractivity contribution is 0.299. The summed E-state index contributed by atoms with van der Waals surface area (Å²) >= 11 is 6.03. The van der Waals surface area contributed by atoms with Gasteiger partial charge in [-0.25, -0.2) is 4.39 Å². The van der Waals surface area contributed by atoms with Crippen molar-refractivity contribution < 1.29 is 9.13 Å². The van der Waals surface area contributed by atoms with E-state index in [2.05, 4.69) is 16.7 Å². The predicted octanol–water partition coefficient (Wildman–Crippen LogP) is 4.15. The minimum Gasteiger partial charge on any atom is -0.489 e. The van der Waals surface area contributed by atoms with E-state index in [1.165, 1.54) is 18.9 Å². The van der Waals surface area contributed by atoms with E-state index in [4.69, 9.17) is 16.3 Å². The topological polar surface area (TPSA) is 33.3 Å². The van der Waals surface area contributed by atoms with Crippen LogP contribution in [0.1, 0.15) is 24.0 Å². The molecule has 0 atom stereocenters. The lowest BCUT2D eigenvalue weighted by Crippen LogP contribution is -2.33. The van der Waals surface area contributed by atoms with Gasteiger partial charge in [-0.05, 0) is 68.2 Å². The maximum Gasteiger partial charge on any atom is 0.131 e. The number of hydrogen-bond donors (Lipinski definition) is 2. The Balaban J connectivity index is 1.51. The predicted molar refractivity (Wildman–Crippen MR) is 99.5 cm³/mol. The zero-order chi connectivity index (χ0) is 17.5. The Morgan fingerprint density at radius 1 is 1.16 bits per heavy atom. The molecule has 1 fully saturated rings. The summed E-state index contributed by atoms with van der Waals surface area (Å²) in [5.41, 5.74) is 1.55. The first kappa shape index (κ1) is 18.2. The average Bonchev–Trinajstić information content (AvgIpc) is 2.63. The molecule has 2 N–H and O–H groups in total.